The van der Waals surface area contributed by atoms with E-state index in [2.05, 4.69) is 15.0 Å². The van der Waals surface area contributed by atoms with Crippen LogP contribution in [0.5, 0.6) is 0 Å². The highest BCUT2D eigenvalue weighted by molar-refractivity contribution is 6.28. The fourth-order valence-electron chi connectivity index (χ4n) is 1.96. The van der Waals surface area contributed by atoms with Crippen molar-refractivity contribution in [2.24, 2.45) is 0 Å². The quantitative estimate of drug-likeness (QED) is 0.775. The molecule has 2 heterocycles. The number of hydrogen-bond donors (Lipinski definition) is 2. The molecule has 0 spiro atoms. The van der Waals surface area contributed by atoms with Gasteiger partial charge in [-0.1, -0.05) is 0 Å². The SMILES string of the molecule is CC1(O)CCCN(c2nc(N)nc(Cl)n2)CC1. The van der Waals surface area contributed by atoms with Gasteiger partial charge in [-0.25, -0.2) is 0 Å². The number of aliphatic hydroxyl groups is 1. The molecule has 7 heteroatoms. The van der Waals surface area contributed by atoms with E-state index >= 15 is 0 Å². The molecule has 0 aromatic carbocycles. The van der Waals surface area contributed by atoms with E-state index in [0.29, 0.717) is 18.9 Å². The Kier molecular flexibility index (Phi) is 3.35. The van der Waals surface area contributed by atoms with Gasteiger partial charge in [0.2, 0.25) is 17.2 Å². The van der Waals surface area contributed by atoms with Crippen LogP contribution >= 0.6 is 11.6 Å². The van der Waals surface area contributed by atoms with Crippen molar-refractivity contribution in [1.82, 2.24) is 15.0 Å². The largest absolute Gasteiger partial charge is 0.390 e. The van der Waals surface area contributed by atoms with Gasteiger partial charge in [-0.3, -0.25) is 0 Å². The molecule has 94 valence electrons. The Morgan fingerprint density at radius 1 is 1.29 bits per heavy atom. The van der Waals surface area contributed by atoms with Gasteiger partial charge in [0.05, 0.1) is 5.60 Å². The van der Waals surface area contributed by atoms with E-state index < -0.39 is 5.60 Å². The lowest BCUT2D eigenvalue weighted by Gasteiger charge is -2.22. The summed E-state index contributed by atoms with van der Waals surface area (Å²) >= 11 is 5.75. The first-order valence-corrected chi connectivity index (χ1v) is 5.98. The van der Waals surface area contributed by atoms with Crippen LogP contribution in [0, 0.1) is 0 Å². The molecule has 1 aromatic heterocycles. The van der Waals surface area contributed by atoms with Gasteiger partial charge in [-0.2, -0.15) is 15.0 Å². The molecule has 1 aromatic rings. The van der Waals surface area contributed by atoms with Crippen LogP contribution in [-0.2, 0) is 0 Å². The minimum absolute atomic E-state index is 0.100. The second-order valence-corrected chi connectivity index (χ2v) is 4.94. The van der Waals surface area contributed by atoms with Crippen LogP contribution in [0.3, 0.4) is 0 Å². The Morgan fingerprint density at radius 2 is 2.06 bits per heavy atom. The first-order chi connectivity index (χ1) is 7.96. The smallest absolute Gasteiger partial charge is 0.231 e. The molecule has 6 nitrogen and oxygen atoms in total. The van der Waals surface area contributed by atoms with Gasteiger partial charge in [-0.15, -0.1) is 0 Å². The lowest BCUT2D eigenvalue weighted by Crippen LogP contribution is -2.29. The lowest BCUT2D eigenvalue weighted by molar-refractivity contribution is 0.0481. The zero-order valence-electron chi connectivity index (χ0n) is 9.73. The number of nitrogens with two attached hydrogens (primary N) is 1. The molecule has 1 saturated heterocycles. The average molecular weight is 258 g/mol. The Bertz CT molecular complexity index is 391. The molecule has 1 aliphatic rings. The molecule has 1 atom stereocenters. The molecule has 1 unspecified atom stereocenters. The van der Waals surface area contributed by atoms with Crippen molar-refractivity contribution in [2.45, 2.75) is 31.8 Å². The summed E-state index contributed by atoms with van der Waals surface area (Å²) in [6.45, 7) is 3.33. The van der Waals surface area contributed by atoms with E-state index in [0.717, 1.165) is 19.4 Å². The minimum atomic E-state index is -0.614. The number of aromatic nitrogens is 3. The normalized spacial score (nSPS) is 25.7. The van der Waals surface area contributed by atoms with Crippen molar-refractivity contribution in [3.8, 4) is 0 Å². The number of rotatable bonds is 1. The Labute approximate surface area is 105 Å². The van der Waals surface area contributed by atoms with Gasteiger partial charge in [0.25, 0.3) is 0 Å². The summed E-state index contributed by atoms with van der Waals surface area (Å²) in [6.07, 6.45) is 2.34. The van der Waals surface area contributed by atoms with Crippen LogP contribution in [-0.4, -0.2) is 38.7 Å². The second kappa shape index (κ2) is 4.62. The van der Waals surface area contributed by atoms with Crippen molar-refractivity contribution in [2.75, 3.05) is 23.7 Å². The number of hydrogen-bond acceptors (Lipinski definition) is 6. The van der Waals surface area contributed by atoms with E-state index in [9.17, 15) is 5.11 Å². The summed E-state index contributed by atoms with van der Waals surface area (Å²) in [6, 6.07) is 0. The third-order valence-corrected chi connectivity index (χ3v) is 3.13. The standard InChI is InChI=1S/C10H16ClN5O/c1-10(17)3-2-5-16(6-4-10)9-14-7(11)13-8(12)15-9/h17H,2-6H2,1H3,(H2,12,13,14,15). The first-order valence-electron chi connectivity index (χ1n) is 5.61. The summed E-state index contributed by atoms with van der Waals surface area (Å²) in [5.41, 5.74) is 4.92. The summed E-state index contributed by atoms with van der Waals surface area (Å²) in [7, 11) is 0. The van der Waals surface area contributed by atoms with Crippen molar-refractivity contribution in [1.29, 1.82) is 0 Å². The van der Waals surface area contributed by atoms with E-state index in [4.69, 9.17) is 17.3 Å². The van der Waals surface area contributed by atoms with E-state index in [1.54, 1.807) is 0 Å². The highest BCUT2D eigenvalue weighted by Crippen LogP contribution is 2.24. The maximum absolute atomic E-state index is 10.00. The molecule has 0 bridgehead atoms. The number of halogens is 1. The number of nitrogen functional groups attached to an aromatic ring is 1. The van der Waals surface area contributed by atoms with Gasteiger partial charge < -0.3 is 15.7 Å². The third kappa shape index (κ3) is 3.17. The molecule has 1 fully saturated rings. The molecule has 0 aliphatic carbocycles. The van der Waals surface area contributed by atoms with Crippen LogP contribution < -0.4 is 10.6 Å². The maximum Gasteiger partial charge on any atom is 0.231 e. The third-order valence-electron chi connectivity index (χ3n) is 2.96. The monoisotopic (exact) mass is 257 g/mol. The fourth-order valence-corrected chi connectivity index (χ4v) is 2.12. The van der Waals surface area contributed by atoms with Gasteiger partial charge in [0.1, 0.15) is 0 Å². The van der Waals surface area contributed by atoms with Gasteiger partial charge >= 0.3 is 0 Å². The van der Waals surface area contributed by atoms with E-state index in [1.165, 1.54) is 0 Å². The number of nitrogens with zero attached hydrogens (tertiary/aromatic N) is 4. The fraction of sp³-hybridized carbons (Fsp3) is 0.700. The molecular weight excluding hydrogens is 242 g/mol. The van der Waals surface area contributed by atoms with E-state index in [1.807, 2.05) is 11.8 Å². The van der Waals surface area contributed by atoms with Crippen LogP contribution in [0.15, 0.2) is 0 Å². The first kappa shape index (κ1) is 12.3. The van der Waals surface area contributed by atoms with Crippen LogP contribution in [0.2, 0.25) is 5.28 Å². The highest BCUT2D eigenvalue weighted by atomic mass is 35.5. The second-order valence-electron chi connectivity index (χ2n) is 4.60. The summed E-state index contributed by atoms with van der Waals surface area (Å²) in [5, 5.41) is 10.1. The van der Waals surface area contributed by atoms with Crippen molar-refractivity contribution >= 4 is 23.5 Å². The Morgan fingerprint density at radius 3 is 2.76 bits per heavy atom. The zero-order chi connectivity index (χ0) is 12.5. The number of anilines is 2. The Hall–Kier alpha value is -1.14. The molecule has 0 amide bonds. The van der Waals surface area contributed by atoms with E-state index in [-0.39, 0.29) is 11.2 Å². The van der Waals surface area contributed by atoms with Gasteiger partial charge in [-0.05, 0) is 37.8 Å². The minimum Gasteiger partial charge on any atom is -0.390 e. The van der Waals surface area contributed by atoms with Crippen LogP contribution in [0.25, 0.3) is 0 Å². The van der Waals surface area contributed by atoms with Crippen LogP contribution in [0.4, 0.5) is 11.9 Å². The van der Waals surface area contributed by atoms with Crippen molar-refractivity contribution in [3.63, 3.8) is 0 Å². The van der Waals surface area contributed by atoms with Crippen molar-refractivity contribution < 1.29 is 5.11 Å². The molecule has 3 N–H and O–H groups in total. The van der Waals surface area contributed by atoms with Gasteiger partial charge in [0.15, 0.2) is 0 Å². The van der Waals surface area contributed by atoms with Crippen LogP contribution in [0.1, 0.15) is 26.2 Å². The lowest BCUT2D eigenvalue weighted by atomic mass is 9.98. The highest BCUT2D eigenvalue weighted by Gasteiger charge is 2.26. The van der Waals surface area contributed by atoms with Gasteiger partial charge in [0, 0.05) is 13.1 Å². The summed E-state index contributed by atoms with van der Waals surface area (Å²) in [5.74, 6) is 0.608. The predicted octanol–water partition coefficient (Wildman–Crippen LogP) is 0.848. The molecule has 2 rings (SSSR count). The molecular formula is C10H16ClN5O. The molecule has 17 heavy (non-hydrogen) atoms. The average Bonchev–Trinajstić information content (AvgIpc) is 2.38. The summed E-state index contributed by atoms with van der Waals surface area (Å²) in [4.78, 5) is 13.8. The summed E-state index contributed by atoms with van der Waals surface area (Å²) < 4.78 is 0. The molecule has 1 aliphatic heterocycles. The topological polar surface area (TPSA) is 88.2 Å². The Balaban J connectivity index is 2.17. The zero-order valence-corrected chi connectivity index (χ0v) is 10.5. The maximum atomic E-state index is 10.00. The van der Waals surface area contributed by atoms with Crippen molar-refractivity contribution in [3.05, 3.63) is 5.28 Å². The molecule has 0 saturated carbocycles. The molecule has 0 radical (unpaired) electrons. The predicted molar refractivity (Wildman–Crippen MR) is 65.9 cm³/mol.